The summed E-state index contributed by atoms with van der Waals surface area (Å²) in [6, 6.07) is 7.27. The maximum atomic E-state index is 4.38. The molecule has 108 valence electrons. The van der Waals surface area contributed by atoms with Crippen molar-refractivity contribution in [3.8, 4) is 0 Å². The van der Waals surface area contributed by atoms with Crippen LogP contribution in [0, 0.1) is 0 Å². The summed E-state index contributed by atoms with van der Waals surface area (Å²) in [5, 5.41) is 3.73. The second-order valence-electron chi connectivity index (χ2n) is 5.99. The van der Waals surface area contributed by atoms with Gasteiger partial charge < -0.3 is 10.2 Å². The lowest BCUT2D eigenvalue weighted by Crippen LogP contribution is -2.62. The Hall–Kier alpha value is -1.13. The first-order valence-electron chi connectivity index (χ1n) is 7.50. The van der Waals surface area contributed by atoms with Crippen LogP contribution in [-0.2, 0) is 0 Å². The van der Waals surface area contributed by atoms with Gasteiger partial charge in [-0.1, -0.05) is 13.8 Å². The Bertz CT molecular complexity index is 594. The van der Waals surface area contributed by atoms with E-state index in [0.717, 1.165) is 25.0 Å². The molecule has 0 amide bonds. The Morgan fingerprint density at radius 2 is 2.30 bits per heavy atom. The molecule has 2 heterocycles. The second-order valence-corrected chi connectivity index (χ2v) is 6.88. The van der Waals surface area contributed by atoms with Crippen molar-refractivity contribution in [1.82, 2.24) is 10.3 Å². The first-order valence-corrected chi connectivity index (χ1v) is 8.38. The molecule has 1 aromatic carbocycles. The van der Waals surface area contributed by atoms with Crippen molar-refractivity contribution in [3.63, 3.8) is 0 Å². The number of rotatable bonds is 3. The normalized spacial score (nSPS) is 27.1. The van der Waals surface area contributed by atoms with Crippen LogP contribution in [0.5, 0.6) is 0 Å². The van der Waals surface area contributed by atoms with Crippen molar-refractivity contribution >= 4 is 27.2 Å². The van der Waals surface area contributed by atoms with E-state index in [1.165, 1.54) is 16.8 Å². The van der Waals surface area contributed by atoms with Gasteiger partial charge in [0.2, 0.25) is 0 Å². The molecule has 0 saturated carbocycles. The molecule has 2 aromatic rings. The first-order chi connectivity index (χ1) is 9.65. The van der Waals surface area contributed by atoms with Gasteiger partial charge in [0.1, 0.15) is 0 Å². The SMILES string of the molecule is CCC1CNC(C)(CC)CN1c1ccc2ncsc2c1. The number of nitrogens with one attached hydrogen (secondary N) is 1. The lowest BCUT2D eigenvalue weighted by atomic mass is 9.92. The number of fused-ring (bicyclic) bond motifs is 1. The van der Waals surface area contributed by atoms with Crippen molar-refractivity contribution in [2.75, 3.05) is 18.0 Å². The minimum atomic E-state index is 0.217. The lowest BCUT2D eigenvalue weighted by molar-refractivity contribution is 0.276. The van der Waals surface area contributed by atoms with Crippen LogP contribution in [0.1, 0.15) is 33.6 Å². The molecule has 3 nitrogen and oxygen atoms in total. The van der Waals surface area contributed by atoms with E-state index in [1.54, 1.807) is 11.3 Å². The predicted octanol–water partition coefficient (Wildman–Crippen LogP) is 3.65. The van der Waals surface area contributed by atoms with Gasteiger partial charge in [-0.15, -0.1) is 11.3 Å². The number of nitrogens with zero attached hydrogens (tertiary/aromatic N) is 2. The Labute approximate surface area is 125 Å². The van der Waals surface area contributed by atoms with Crippen LogP contribution >= 0.6 is 11.3 Å². The molecule has 1 N–H and O–H groups in total. The van der Waals surface area contributed by atoms with Crippen molar-refractivity contribution in [2.24, 2.45) is 0 Å². The summed E-state index contributed by atoms with van der Waals surface area (Å²) in [4.78, 5) is 6.96. The fraction of sp³-hybridized carbons (Fsp3) is 0.562. The zero-order chi connectivity index (χ0) is 14.2. The zero-order valence-corrected chi connectivity index (χ0v) is 13.3. The zero-order valence-electron chi connectivity index (χ0n) is 12.5. The van der Waals surface area contributed by atoms with E-state index in [4.69, 9.17) is 0 Å². The van der Waals surface area contributed by atoms with Gasteiger partial charge in [-0.2, -0.15) is 0 Å². The molecule has 1 aliphatic heterocycles. The Balaban J connectivity index is 1.95. The smallest absolute Gasteiger partial charge is 0.0813 e. The van der Waals surface area contributed by atoms with Crippen LogP contribution in [0.3, 0.4) is 0 Å². The molecule has 0 radical (unpaired) electrons. The molecular formula is C16H23N3S. The highest BCUT2D eigenvalue weighted by molar-refractivity contribution is 7.16. The standard InChI is InChI=1S/C16H23N3S/c1-4-12-9-18-16(3,5-2)10-19(12)13-6-7-14-15(8-13)20-11-17-14/h6-8,11-12,18H,4-5,9-10H2,1-3H3. The topological polar surface area (TPSA) is 28.2 Å². The van der Waals surface area contributed by atoms with Gasteiger partial charge in [0.15, 0.2) is 0 Å². The average Bonchev–Trinajstić information content (AvgIpc) is 2.94. The summed E-state index contributed by atoms with van der Waals surface area (Å²) in [5.74, 6) is 0. The van der Waals surface area contributed by atoms with Gasteiger partial charge >= 0.3 is 0 Å². The summed E-state index contributed by atoms with van der Waals surface area (Å²) in [5.41, 5.74) is 4.60. The van der Waals surface area contributed by atoms with Crippen LogP contribution in [0.2, 0.25) is 0 Å². The van der Waals surface area contributed by atoms with Crippen LogP contribution in [0.15, 0.2) is 23.7 Å². The van der Waals surface area contributed by atoms with Crippen LogP contribution in [-0.4, -0.2) is 29.7 Å². The predicted molar refractivity (Wildman–Crippen MR) is 87.7 cm³/mol. The molecule has 1 aromatic heterocycles. The monoisotopic (exact) mass is 289 g/mol. The lowest BCUT2D eigenvalue weighted by Gasteiger charge is -2.47. The minimum absolute atomic E-state index is 0.217. The number of piperazine rings is 1. The number of thiazole rings is 1. The molecule has 2 atom stereocenters. The highest BCUT2D eigenvalue weighted by atomic mass is 32.1. The van der Waals surface area contributed by atoms with E-state index >= 15 is 0 Å². The third-order valence-corrected chi connectivity index (χ3v) is 5.41. The Kier molecular flexibility index (Phi) is 3.69. The van der Waals surface area contributed by atoms with Crippen molar-refractivity contribution in [3.05, 3.63) is 23.7 Å². The van der Waals surface area contributed by atoms with Crippen molar-refractivity contribution in [2.45, 2.75) is 45.2 Å². The summed E-state index contributed by atoms with van der Waals surface area (Å²) < 4.78 is 1.29. The molecule has 1 saturated heterocycles. The van der Waals surface area contributed by atoms with Crippen LogP contribution in [0.4, 0.5) is 5.69 Å². The molecule has 3 rings (SSSR count). The number of hydrogen-bond donors (Lipinski definition) is 1. The van der Waals surface area contributed by atoms with Crippen molar-refractivity contribution in [1.29, 1.82) is 0 Å². The number of anilines is 1. The second kappa shape index (κ2) is 5.34. The van der Waals surface area contributed by atoms with Gasteiger partial charge in [-0.3, -0.25) is 0 Å². The summed E-state index contributed by atoms with van der Waals surface area (Å²) >= 11 is 1.73. The minimum Gasteiger partial charge on any atom is -0.365 e. The average molecular weight is 289 g/mol. The maximum absolute atomic E-state index is 4.38. The summed E-state index contributed by atoms with van der Waals surface area (Å²) in [6.45, 7) is 9.02. The fourth-order valence-corrected chi connectivity index (χ4v) is 3.67. The molecule has 0 spiro atoms. The van der Waals surface area contributed by atoms with E-state index in [9.17, 15) is 0 Å². The number of hydrogen-bond acceptors (Lipinski definition) is 4. The molecule has 0 aliphatic carbocycles. The summed E-state index contributed by atoms with van der Waals surface area (Å²) in [7, 11) is 0. The quantitative estimate of drug-likeness (QED) is 0.935. The molecule has 0 bridgehead atoms. The third kappa shape index (κ3) is 2.42. The fourth-order valence-electron chi connectivity index (χ4n) is 2.96. The molecule has 4 heteroatoms. The molecule has 2 unspecified atom stereocenters. The van der Waals surface area contributed by atoms with Gasteiger partial charge in [0, 0.05) is 30.4 Å². The van der Waals surface area contributed by atoms with Gasteiger partial charge in [-0.25, -0.2) is 4.98 Å². The van der Waals surface area contributed by atoms with E-state index in [2.05, 4.69) is 54.2 Å². The maximum Gasteiger partial charge on any atom is 0.0813 e. The molecule has 20 heavy (non-hydrogen) atoms. The summed E-state index contributed by atoms with van der Waals surface area (Å²) in [6.07, 6.45) is 2.33. The van der Waals surface area contributed by atoms with Gasteiger partial charge in [-0.05, 0) is 38.0 Å². The Morgan fingerprint density at radius 1 is 1.45 bits per heavy atom. The molecular weight excluding hydrogens is 266 g/mol. The van der Waals surface area contributed by atoms with E-state index in [1.807, 2.05) is 5.51 Å². The van der Waals surface area contributed by atoms with Gasteiger partial charge in [0.05, 0.1) is 15.7 Å². The van der Waals surface area contributed by atoms with E-state index in [-0.39, 0.29) is 5.54 Å². The van der Waals surface area contributed by atoms with E-state index < -0.39 is 0 Å². The van der Waals surface area contributed by atoms with Crippen LogP contribution < -0.4 is 10.2 Å². The van der Waals surface area contributed by atoms with Crippen molar-refractivity contribution < 1.29 is 0 Å². The largest absolute Gasteiger partial charge is 0.365 e. The molecule has 1 aliphatic rings. The van der Waals surface area contributed by atoms with Crippen LogP contribution in [0.25, 0.3) is 10.2 Å². The number of aromatic nitrogens is 1. The van der Waals surface area contributed by atoms with E-state index in [0.29, 0.717) is 6.04 Å². The highest BCUT2D eigenvalue weighted by Gasteiger charge is 2.33. The third-order valence-electron chi connectivity index (χ3n) is 4.62. The van der Waals surface area contributed by atoms with Gasteiger partial charge in [0.25, 0.3) is 0 Å². The Morgan fingerprint density at radius 3 is 3.05 bits per heavy atom. The number of benzene rings is 1. The molecule has 1 fully saturated rings. The highest BCUT2D eigenvalue weighted by Crippen LogP contribution is 2.30. The first kappa shape index (κ1) is 13.8.